The monoisotopic (exact) mass is 389 g/mol. The van der Waals surface area contributed by atoms with Crippen molar-refractivity contribution in [1.29, 1.82) is 0 Å². The Balaban J connectivity index is 1.44. The van der Waals surface area contributed by atoms with E-state index in [-0.39, 0.29) is 12.1 Å². The zero-order chi connectivity index (χ0) is 18.9. The predicted molar refractivity (Wildman–Crippen MR) is 108 cm³/mol. The van der Waals surface area contributed by atoms with E-state index in [1.807, 2.05) is 48.2 Å². The van der Waals surface area contributed by atoms with Crippen molar-refractivity contribution in [2.24, 2.45) is 0 Å². The van der Waals surface area contributed by atoms with Crippen LogP contribution in [0.5, 0.6) is 5.75 Å². The summed E-state index contributed by atoms with van der Waals surface area (Å²) in [6.45, 7) is 3.14. The van der Waals surface area contributed by atoms with Crippen molar-refractivity contribution in [1.82, 2.24) is 15.5 Å². The Morgan fingerprint density at radius 1 is 1.22 bits per heavy atom. The molecule has 0 aliphatic carbocycles. The zero-order valence-electron chi connectivity index (χ0n) is 15.6. The number of methoxy groups -OCH3 is 1. The van der Waals surface area contributed by atoms with E-state index < -0.39 is 0 Å². The van der Waals surface area contributed by atoms with Gasteiger partial charge in [0, 0.05) is 37.7 Å². The average molecular weight is 390 g/mol. The number of hydrogen-bond donors (Lipinski definition) is 2. The fourth-order valence-electron chi connectivity index (χ4n) is 3.14. The first-order valence-corrected chi connectivity index (χ1v) is 10.4. The fourth-order valence-corrected chi connectivity index (χ4v) is 4.08. The lowest BCUT2D eigenvalue weighted by Gasteiger charge is -2.33. The standard InChI is InChI=1S/C20H27N3O3S/c1-25-17-6-4-16(5-7-17)8-9-21-20(24)22-15-18(19-3-2-12-26-19)23-10-13-27-14-11-23/h2-7,12,18H,8-11,13-15H2,1H3,(H2,21,22,24)/t18-/m0/s1. The Labute approximate surface area is 164 Å². The maximum atomic E-state index is 12.2. The number of amides is 2. The molecule has 2 heterocycles. The van der Waals surface area contributed by atoms with E-state index in [0.29, 0.717) is 13.1 Å². The third-order valence-electron chi connectivity index (χ3n) is 4.67. The van der Waals surface area contributed by atoms with Crippen molar-refractivity contribution in [2.45, 2.75) is 12.5 Å². The van der Waals surface area contributed by atoms with E-state index in [4.69, 9.17) is 9.15 Å². The Morgan fingerprint density at radius 3 is 2.67 bits per heavy atom. The van der Waals surface area contributed by atoms with Gasteiger partial charge in [0.25, 0.3) is 0 Å². The second-order valence-electron chi connectivity index (χ2n) is 6.41. The number of rotatable bonds is 8. The Bertz CT molecular complexity index is 685. The minimum Gasteiger partial charge on any atom is -0.497 e. The Kier molecular flexibility index (Phi) is 7.47. The van der Waals surface area contributed by atoms with Crippen molar-refractivity contribution in [3.63, 3.8) is 0 Å². The average Bonchev–Trinajstić information content (AvgIpc) is 3.24. The fraction of sp³-hybridized carbons (Fsp3) is 0.450. The molecule has 1 aliphatic heterocycles. The number of nitrogens with zero attached hydrogens (tertiary/aromatic N) is 1. The van der Waals surface area contributed by atoms with Crippen LogP contribution in [0.4, 0.5) is 4.79 Å². The number of hydrogen-bond acceptors (Lipinski definition) is 5. The van der Waals surface area contributed by atoms with Crippen molar-refractivity contribution in [3.8, 4) is 5.75 Å². The van der Waals surface area contributed by atoms with Gasteiger partial charge in [-0.2, -0.15) is 11.8 Å². The van der Waals surface area contributed by atoms with Crippen LogP contribution < -0.4 is 15.4 Å². The molecular formula is C20H27N3O3S. The maximum absolute atomic E-state index is 12.2. The van der Waals surface area contributed by atoms with Gasteiger partial charge in [-0.1, -0.05) is 12.1 Å². The number of carbonyl (C=O) groups excluding carboxylic acids is 1. The van der Waals surface area contributed by atoms with Gasteiger partial charge in [-0.15, -0.1) is 0 Å². The number of furan rings is 1. The third-order valence-corrected chi connectivity index (χ3v) is 5.61. The molecule has 27 heavy (non-hydrogen) atoms. The second-order valence-corrected chi connectivity index (χ2v) is 7.64. The lowest BCUT2D eigenvalue weighted by Crippen LogP contribution is -2.44. The largest absolute Gasteiger partial charge is 0.497 e. The summed E-state index contributed by atoms with van der Waals surface area (Å²) >= 11 is 1.97. The highest BCUT2D eigenvalue weighted by Crippen LogP contribution is 2.24. The molecule has 146 valence electrons. The zero-order valence-corrected chi connectivity index (χ0v) is 16.5. The molecule has 0 bridgehead atoms. The summed E-state index contributed by atoms with van der Waals surface area (Å²) in [6, 6.07) is 11.7. The smallest absolute Gasteiger partial charge is 0.314 e. The molecule has 6 nitrogen and oxygen atoms in total. The molecule has 2 N–H and O–H groups in total. The first-order valence-electron chi connectivity index (χ1n) is 9.26. The van der Waals surface area contributed by atoms with E-state index in [1.165, 1.54) is 0 Å². The van der Waals surface area contributed by atoms with Crippen molar-refractivity contribution >= 4 is 17.8 Å². The number of urea groups is 1. The van der Waals surface area contributed by atoms with Gasteiger partial charge in [0.1, 0.15) is 11.5 Å². The van der Waals surface area contributed by atoms with Gasteiger partial charge in [-0.3, -0.25) is 4.90 Å². The summed E-state index contributed by atoms with van der Waals surface area (Å²) in [5.41, 5.74) is 1.16. The normalized spacial score (nSPS) is 15.9. The second kappa shape index (κ2) is 10.3. The Hall–Kier alpha value is -2.12. The first-order chi connectivity index (χ1) is 13.3. The number of carbonyl (C=O) groups is 1. The van der Waals surface area contributed by atoms with Gasteiger partial charge in [0.05, 0.1) is 19.4 Å². The van der Waals surface area contributed by atoms with E-state index in [1.54, 1.807) is 13.4 Å². The van der Waals surface area contributed by atoms with Gasteiger partial charge in [-0.05, 0) is 36.2 Å². The van der Waals surface area contributed by atoms with E-state index in [2.05, 4.69) is 15.5 Å². The van der Waals surface area contributed by atoms with Crippen LogP contribution in [0.1, 0.15) is 17.4 Å². The van der Waals surface area contributed by atoms with Crippen LogP contribution in [0.3, 0.4) is 0 Å². The van der Waals surface area contributed by atoms with Crippen LogP contribution in [0, 0.1) is 0 Å². The molecule has 1 aromatic heterocycles. The van der Waals surface area contributed by atoms with Gasteiger partial charge >= 0.3 is 6.03 Å². The number of benzene rings is 1. The summed E-state index contributed by atoms with van der Waals surface area (Å²) < 4.78 is 10.8. The highest BCUT2D eigenvalue weighted by atomic mass is 32.2. The lowest BCUT2D eigenvalue weighted by molar-refractivity contribution is 0.185. The molecule has 0 saturated carbocycles. The minimum atomic E-state index is -0.147. The van der Waals surface area contributed by atoms with Crippen LogP contribution in [0.25, 0.3) is 0 Å². The van der Waals surface area contributed by atoms with Gasteiger partial charge in [0.15, 0.2) is 0 Å². The molecule has 7 heteroatoms. The summed E-state index contributed by atoms with van der Waals surface area (Å²) in [6.07, 6.45) is 2.47. The molecule has 2 amide bonds. The van der Waals surface area contributed by atoms with Crippen LogP contribution in [-0.2, 0) is 6.42 Å². The van der Waals surface area contributed by atoms with Crippen molar-refractivity contribution < 1.29 is 13.9 Å². The molecule has 1 aliphatic rings. The van der Waals surface area contributed by atoms with E-state index in [9.17, 15) is 4.79 Å². The molecule has 3 rings (SSSR count). The summed E-state index contributed by atoms with van der Waals surface area (Å²) in [5.74, 6) is 3.97. The number of thioether (sulfide) groups is 1. The summed E-state index contributed by atoms with van der Waals surface area (Å²) in [4.78, 5) is 14.6. The van der Waals surface area contributed by atoms with E-state index >= 15 is 0 Å². The molecule has 1 aromatic carbocycles. The van der Waals surface area contributed by atoms with Gasteiger partial charge in [0.2, 0.25) is 0 Å². The van der Waals surface area contributed by atoms with Crippen molar-refractivity contribution in [2.75, 3.05) is 44.8 Å². The molecule has 1 saturated heterocycles. The van der Waals surface area contributed by atoms with Crippen LogP contribution in [-0.4, -0.2) is 55.7 Å². The Morgan fingerprint density at radius 2 is 2.00 bits per heavy atom. The molecule has 1 fully saturated rings. The molecule has 0 spiro atoms. The first kappa shape index (κ1) is 19.6. The van der Waals surface area contributed by atoms with Gasteiger partial charge in [-0.25, -0.2) is 4.79 Å². The highest BCUT2D eigenvalue weighted by molar-refractivity contribution is 7.99. The summed E-state index contributed by atoms with van der Waals surface area (Å²) in [5, 5.41) is 5.92. The molecule has 1 atom stereocenters. The maximum Gasteiger partial charge on any atom is 0.314 e. The quantitative estimate of drug-likeness (QED) is 0.727. The van der Waals surface area contributed by atoms with Crippen molar-refractivity contribution in [3.05, 3.63) is 54.0 Å². The number of nitrogens with one attached hydrogen (secondary N) is 2. The van der Waals surface area contributed by atoms with Crippen LogP contribution in [0.2, 0.25) is 0 Å². The molecular weight excluding hydrogens is 362 g/mol. The highest BCUT2D eigenvalue weighted by Gasteiger charge is 2.25. The third kappa shape index (κ3) is 5.94. The van der Waals surface area contributed by atoms with Crippen LogP contribution >= 0.6 is 11.8 Å². The SMILES string of the molecule is COc1ccc(CCNC(=O)NC[C@@H](c2ccco2)N2CCSCC2)cc1. The molecule has 0 radical (unpaired) electrons. The molecule has 0 unspecified atom stereocenters. The van der Waals surface area contributed by atoms with Gasteiger partial charge < -0.3 is 19.8 Å². The topological polar surface area (TPSA) is 66.7 Å². The summed E-state index contributed by atoms with van der Waals surface area (Å²) in [7, 11) is 1.65. The van der Waals surface area contributed by atoms with Crippen LogP contribution in [0.15, 0.2) is 47.1 Å². The van der Waals surface area contributed by atoms with E-state index in [0.717, 1.165) is 48.1 Å². The predicted octanol–water partition coefficient (Wildman–Crippen LogP) is 2.92. The minimum absolute atomic E-state index is 0.0771. The lowest BCUT2D eigenvalue weighted by atomic mass is 10.1. The molecule has 2 aromatic rings. The number of ether oxygens (including phenoxy) is 1.